The van der Waals surface area contributed by atoms with Crippen molar-refractivity contribution in [2.75, 3.05) is 11.0 Å². The Morgan fingerprint density at radius 2 is 2.06 bits per heavy atom. The molecule has 0 spiro atoms. The molecule has 33 heavy (non-hydrogen) atoms. The SMILES string of the molecule is [2H]C([2H])([2H])C([2H])([2H])C([2H])([2H])Sc1nc(N[C@@H]2C[C@H]2c2ccc(F)c(F)c2)c2nnn([C@@H]3C[C@H](O)[C@@H](O)[C@H]3O)c2n1. The number of anilines is 1. The van der Waals surface area contributed by atoms with Gasteiger partial charge >= 0.3 is 0 Å². The first kappa shape index (κ1) is 15.5. The monoisotopic (exact) mass is 485 g/mol. The number of aliphatic hydroxyl groups excluding tert-OH is 3. The lowest BCUT2D eigenvalue weighted by Crippen LogP contribution is -2.31. The van der Waals surface area contributed by atoms with Crippen molar-refractivity contribution in [2.45, 2.75) is 67.5 Å². The molecule has 5 rings (SSSR count). The van der Waals surface area contributed by atoms with Gasteiger partial charge in [0.05, 0.1) is 12.1 Å². The Morgan fingerprint density at radius 3 is 2.79 bits per heavy atom. The van der Waals surface area contributed by atoms with Gasteiger partial charge in [-0.1, -0.05) is 29.9 Å². The molecule has 0 aliphatic heterocycles. The lowest BCUT2D eigenvalue weighted by atomic mass is 10.1. The van der Waals surface area contributed by atoms with E-state index in [1.807, 2.05) is 0 Å². The summed E-state index contributed by atoms with van der Waals surface area (Å²) in [5.41, 5.74) is -2.50. The number of aliphatic hydroxyl groups is 3. The molecular formula is C21H24F2N6O3S. The molecule has 0 radical (unpaired) electrons. The molecule has 0 saturated heterocycles. The number of hydrogen-bond acceptors (Lipinski definition) is 9. The predicted octanol–water partition coefficient (Wildman–Crippen LogP) is 2.00. The van der Waals surface area contributed by atoms with Crippen LogP contribution in [0.4, 0.5) is 14.6 Å². The van der Waals surface area contributed by atoms with Crippen LogP contribution in [0.2, 0.25) is 0 Å². The molecule has 2 aliphatic rings. The number of halogens is 2. The van der Waals surface area contributed by atoms with E-state index >= 15 is 0 Å². The molecule has 12 heteroatoms. The smallest absolute Gasteiger partial charge is 0.191 e. The molecule has 2 aromatic heterocycles. The molecule has 0 bridgehead atoms. The Hall–Kier alpha value is -2.41. The maximum Gasteiger partial charge on any atom is 0.191 e. The quantitative estimate of drug-likeness (QED) is 0.293. The summed E-state index contributed by atoms with van der Waals surface area (Å²) < 4.78 is 82.8. The fourth-order valence-corrected chi connectivity index (χ4v) is 4.53. The Kier molecular flexibility index (Phi) is 4.10. The topological polar surface area (TPSA) is 129 Å². The number of nitrogens with zero attached hydrogens (tertiary/aromatic N) is 5. The zero-order chi connectivity index (χ0) is 29.4. The van der Waals surface area contributed by atoms with Crippen LogP contribution < -0.4 is 5.32 Å². The van der Waals surface area contributed by atoms with E-state index in [1.54, 1.807) is 0 Å². The number of hydrogen-bond donors (Lipinski definition) is 4. The van der Waals surface area contributed by atoms with E-state index in [1.165, 1.54) is 6.07 Å². The maximum atomic E-state index is 13.8. The van der Waals surface area contributed by atoms with Crippen molar-refractivity contribution in [3.63, 3.8) is 0 Å². The van der Waals surface area contributed by atoms with Crippen LogP contribution in [-0.4, -0.2) is 70.3 Å². The third-order valence-electron chi connectivity index (χ3n) is 5.92. The van der Waals surface area contributed by atoms with Crippen molar-refractivity contribution >= 4 is 28.7 Å². The second-order valence-corrected chi connectivity index (χ2v) is 8.78. The van der Waals surface area contributed by atoms with Crippen molar-refractivity contribution in [3.05, 3.63) is 35.4 Å². The van der Waals surface area contributed by atoms with Crippen molar-refractivity contribution in [3.8, 4) is 0 Å². The van der Waals surface area contributed by atoms with Gasteiger partial charge in [-0.25, -0.2) is 23.4 Å². The molecule has 2 fully saturated rings. The zero-order valence-electron chi connectivity index (χ0n) is 23.9. The third-order valence-corrected chi connectivity index (χ3v) is 6.49. The first-order valence-electron chi connectivity index (χ1n) is 13.6. The summed E-state index contributed by atoms with van der Waals surface area (Å²) in [6.07, 6.45) is -7.11. The van der Waals surface area contributed by atoms with E-state index in [2.05, 4.69) is 25.6 Å². The van der Waals surface area contributed by atoms with Gasteiger partial charge in [-0.2, -0.15) is 0 Å². The van der Waals surface area contributed by atoms with Crippen molar-refractivity contribution in [1.82, 2.24) is 25.0 Å². The minimum atomic E-state index is -3.32. The molecular weight excluding hydrogens is 454 g/mol. The minimum Gasteiger partial charge on any atom is -0.390 e. The standard InChI is InChI=1S/C21H24F2N6O3S/c1-2-5-33-21-25-19(24-13-7-10(13)9-3-4-11(22)12(23)6-9)16-20(26-21)29(28-27-16)14-8-15(30)18(32)17(14)31/h3-4,6,10,13-15,17-18,30-32H,2,5,7-8H2,1H3,(H,24,25,26)/t10-,13+,14+,15-,17-,18+/m0/s1/i1D3,2D2,5D2. The van der Waals surface area contributed by atoms with Gasteiger partial charge in [-0.05, 0) is 30.5 Å². The van der Waals surface area contributed by atoms with Gasteiger partial charge < -0.3 is 20.6 Å². The lowest BCUT2D eigenvalue weighted by Gasteiger charge is -2.16. The summed E-state index contributed by atoms with van der Waals surface area (Å²) in [6.45, 7) is -3.32. The van der Waals surface area contributed by atoms with Gasteiger partial charge in [0.1, 0.15) is 12.2 Å². The first-order valence-corrected chi connectivity index (χ1v) is 10.9. The first-order chi connectivity index (χ1) is 18.5. The Morgan fingerprint density at radius 1 is 1.21 bits per heavy atom. The van der Waals surface area contributed by atoms with Crippen molar-refractivity contribution in [1.29, 1.82) is 0 Å². The highest BCUT2D eigenvalue weighted by Crippen LogP contribution is 2.44. The molecule has 2 saturated carbocycles. The summed E-state index contributed by atoms with van der Waals surface area (Å²) in [5.74, 6) is -2.20. The van der Waals surface area contributed by atoms with Crippen molar-refractivity contribution < 1.29 is 33.7 Å². The maximum absolute atomic E-state index is 13.8. The van der Waals surface area contributed by atoms with Crippen LogP contribution in [-0.2, 0) is 0 Å². The van der Waals surface area contributed by atoms with E-state index in [9.17, 15) is 24.1 Å². The molecule has 9 nitrogen and oxygen atoms in total. The van der Waals surface area contributed by atoms with Gasteiger partial charge in [0.25, 0.3) is 0 Å². The predicted molar refractivity (Wildman–Crippen MR) is 117 cm³/mol. The summed E-state index contributed by atoms with van der Waals surface area (Å²) in [7, 11) is 0. The number of fused-ring (bicyclic) bond motifs is 1. The highest BCUT2D eigenvalue weighted by atomic mass is 32.2. The van der Waals surface area contributed by atoms with Gasteiger partial charge in [-0.3, -0.25) is 0 Å². The van der Waals surface area contributed by atoms with Gasteiger partial charge in [0.15, 0.2) is 33.8 Å². The number of aromatic nitrogens is 5. The van der Waals surface area contributed by atoms with Gasteiger partial charge in [0.2, 0.25) is 0 Å². The van der Waals surface area contributed by atoms with Crippen LogP contribution in [0.3, 0.4) is 0 Å². The molecule has 6 atom stereocenters. The lowest BCUT2D eigenvalue weighted by molar-refractivity contribution is -0.0253. The fraction of sp³-hybridized carbons (Fsp3) is 0.524. The largest absolute Gasteiger partial charge is 0.390 e. The number of rotatable bonds is 7. The molecule has 2 heterocycles. The van der Waals surface area contributed by atoms with Crippen LogP contribution in [0.1, 0.15) is 53.2 Å². The number of benzene rings is 1. The molecule has 2 aliphatic carbocycles. The molecule has 4 N–H and O–H groups in total. The van der Waals surface area contributed by atoms with Gasteiger partial charge in [-0.15, -0.1) is 5.10 Å². The molecule has 176 valence electrons. The second kappa shape index (κ2) is 8.75. The van der Waals surface area contributed by atoms with Crippen LogP contribution in [0, 0.1) is 11.6 Å². The Bertz CT molecular complexity index is 1450. The zero-order valence-corrected chi connectivity index (χ0v) is 17.7. The third kappa shape index (κ3) is 4.16. The highest BCUT2D eigenvalue weighted by molar-refractivity contribution is 7.99. The van der Waals surface area contributed by atoms with E-state index in [0.717, 1.165) is 16.8 Å². The van der Waals surface area contributed by atoms with Crippen LogP contribution in [0.15, 0.2) is 23.4 Å². The van der Waals surface area contributed by atoms with E-state index < -0.39 is 54.9 Å². The summed E-state index contributed by atoms with van der Waals surface area (Å²) >= 11 is 0.128. The average molecular weight is 486 g/mol. The summed E-state index contributed by atoms with van der Waals surface area (Å²) in [6, 6.07) is 2.23. The second-order valence-electron chi connectivity index (χ2n) is 8.01. The normalized spacial score (nSPS) is 33.4. The van der Waals surface area contributed by atoms with Crippen LogP contribution in [0.25, 0.3) is 11.2 Å². The van der Waals surface area contributed by atoms with Gasteiger partial charge in [0, 0.05) is 33.7 Å². The summed E-state index contributed by atoms with van der Waals surface area (Å²) in [5, 5.41) is 41.3. The molecule has 3 aromatic rings. The molecule has 1 aromatic carbocycles. The van der Waals surface area contributed by atoms with Crippen molar-refractivity contribution in [2.24, 2.45) is 0 Å². The highest BCUT2D eigenvalue weighted by Gasteiger charge is 2.44. The number of thioether (sulfide) groups is 1. The fourth-order valence-electron chi connectivity index (χ4n) is 4.12. The Labute approximate surface area is 202 Å². The van der Waals surface area contributed by atoms with E-state index in [-0.39, 0.29) is 52.3 Å². The Balaban J connectivity index is 1.52. The van der Waals surface area contributed by atoms with Crippen LogP contribution >= 0.6 is 11.8 Å². The van der Waals surface area contributed by atoms with Crippen LogP contribution in [0.5, 0.6) is 0 Å². The minimum absolute atomic E-state index is 0.0210. The van der Waals surface area contributed by atoms with E-state index in [4.69, 9.17) is 9.60 Å². The summed E-state index contributed by atoms with van der Waals surface area (Å²) in [4.78, 5) is 8.48. The van der Waals surface area contributed by atoms with E-state index in [0.29, 0.717) is 12.0 Å². The molecule has 0 amide bonds. The average Bonchev–Trinajstić information content (AvgIpc) is 3.41. The molecule has 0 unspecified atom stereocenters. The number of nitrogens with one attached hydrogen (secondary N) is 1.